The van der Waals surface area contributed by atoms with Gasteiger partial charge in [0.05, 0.1) is 33.8 Å². The lowest BCUT2D eigenvalue weighted by Gasteiger charge is -2.30. The van der Waals surface area contributed by atoms with Crippen molar-refractivity contribution in [1.82, 2.24) is 5.32 Å². The first kappa shape index (κ1) is 71.5. The molecule has 9 nitrogen and oxygen atoms in total. The summed E-state index contributed by atoms with van der Waals surface area (Å²) in [5.74, 6) is -0.538. The van der Waals surface area contributed by atoms with Crippen LogP contribution in [0.5, 0.6) is 0 Å². The van der Waals surface area contributed by atoms with E-state index in [1.165, 1.54) is 199 Å². The molecule has 0 aliphatic rings. The van der Waals surface area contributed by atoms with Crippen molar-refractivity contribution in [3.63, 3.8) is 0 Å². The van der Waals surface area contributed by atoms with Crippen LogP contribution in [0, 0.1) is 0 Å². The molecule has 10 heteroatoms. The molecule has 3 unspecified atom stereocenters. The van der Waals surface area contributed by atoms with Gasteiger partial charge in [0.25, 0.3) is 7.82 Å². The van der Waals surface area contributed by atoms with Crippen molar-refractivity contribution in [2.24, 2.45) is 0 Å². The molecule has 0 rings (SSSR count). The molecule has 0 aromatic rings. The maximum Gasteiger partial charge on any atom is 0.306 e. The molecule has 0 aliphatic heterocycles. The highest BCUT2D eigenvalue weighted by Crippen LogP contribution is 2.38. The van der Waals surface area contributed by atoms with Gasteiger partial charge in [0.15, 0.2) is 0 Å². The van der Waals surface area contributed by atoms with Crippen molar-refractivity contribution in [2.75, 3.05) is 40.9 Å². The van der Waals surface area contributed by atoms with Crippen LogP contribution >= 0.6 is 7.82 Å². The fraction of sp³-hybridized carbons (Fsp3) is 0.905. The molecule has 73 heavy (non-hydrogen) atoms. The molecular weight excluding hydrogens is 928 g/mol. The third kappa shape index (κ3) is 55.1. The molecule has 1 amide bonds. The van der Waals surface area contributed by atoms with Crippen molar-refractivity contribution >= 4 is 19.7 Å². The van der Waals surface area contributed by atoms with E-state index in [1.54, 1.807) is 0 Å². The number of ether oxygens (including phenoxy) is 1. The lowest BCUT2D eigenvalue weighted by molar-refractivity contribution is -0.870. The lowest BCUT2D eigenvalue weighted by atomic mass is 10.0. The van der Waals surface area contributed by atoms with Crippen LogP contribution in [0.25, 0.3) is 0 Å². The SMILES string of the molecule is CCCC/C=C\CCCCCCCC(=O)NC(COP(=O)([O-])OCC[N+](C)(C)C)C(/C=C\CCCCCCCCCCC)OC(=O)CCCCCCCCCCCCCCCCCCCCCCCCCCC. The molecule has 432 valence electrons. The fourth-order valence-electron chi connectivity index (χ4n) is 9.45. The Morgan fingerprint density at radius 2 is 0.808 bits per heavy atom. The van der Waals surface area contributed by atoms with E-state index in [1.807, 2.05) is 33.3 Å². The maximum atomic E-state index is 13.4. The van der Waals surface area contributed by atoms with Crippen molar-refractivity contribution in [2.45, 2.75) is 328 Å². The zero-order valence-electron chi connectivity index (χ0n) is 49.4. The van der Waals surface area contributed by atoms with Crippen LogP contribution in [-0.2, 0) is 27.9 Å². The normalized spacial score (nSPS) is 13.8. The quantitative estimate of drug-likeness (QED) is 0.0212. The first-order valence-electron chi connectivity index (χ1n) is 31.6. The zero-order valence-corrected chi connectivity index (χ0v) is 50.3. The Balaban J connectivity index is 4.97. The van der Waals surface area contributed by atoms with E-state index in [0.717, 1.165) is 83.5 Å². The molecule has 0 heterocycles. The van der Waals surface area contributed by atoms with E-state index >= 15 is 0 Å². The average molecular weight is 1050 g/mol. The largest absolute Gasteiger partial charge is 0.756 e. The summed E-state index contributed by atoms with van der Waals surface area (Å²) in [4.78, 5) is 39.8. The van der Waals surface area contributed by atoms with E-state index in [2.05, 4.69) is 38.2 Å². The number of hydrogen-bond acceptors (Lipinski definition) is 7. The number of allylic oxidation sites excluding steroid dienone is 3. The highest BCUT2D eigenvalue weighted by molar-refractivity contribution is 7.45. The summed E-state index contributed by atoms with van der Waals surface area (Å²) in [5.41, 5.74) is 0. The van der Waals surface area contributed by atoms with E-state index in [-0.39, 0.29) is 31.5 Å². The fourth-order valence-corrected chi connectivity index (χ4v) is 10.2. The van der Waals surface area contributed by atoms with E-state index in [9.17, 15) is 19.0 Å². The average Bonchev–Trinajstić information content (AvgIpc) is 3.35. The number of amides is 1. The number of nitrogens with one attached hydrogen (secondary N) is 1. The number of rotatable bonds is 58. The summed E-state index contributed by atoms with van der Waals surface area (Å²) in [6.45, 7) is 6.83. The van der Waals surface area contributed by atoms with Crippen molar-refractivity contribution in [3.8, 4) is 0 Å². The Morgan fingerprint density at radius 3 is 1.21 bits per heavy atom. The summed E-state index contributed by atoms with van der Waals surface area (Å²) < 4.78 is 30.2. The standard InChI is InChI=1S/C63H123N2O7P/c1-7-10-13-16-19-22-25-26-27-28-29-30-31-32-33-34-35-36-37-38-41-44-47-50-53-56-63(67)72-61(54-51-48-45-42-39-23-20-17-14-11-8-2)60(59-71-73(68,69)70-58-57-65(4,5)6)64-62(66)55-52-49-46-43-40-24-21-18-15-12-9-3/h18,21,51,54,60-61H,7-17,19-20,22-50,52-53,55-59H2,1-6H3,(H-,64,66,68,69)/b21-18-,54-51-. The molecule has 0 aromatic carbocycles. The Kier molecular flexibility index (Phi) is 52.8. The van der Waals surface area contributed by atoms with E-state index < -0.39 is 20.0 Å². The Labute approximate surface area is 454 Å². The topological polar surface area (TPSA) is 114 Å². The minimum atomic E-state index is -4.69. The minimum Gasteiger partial charge on any atom is -0.756 e. The van der Waals surface area contributed by atoms with Gasteiger partial charge in [0.2, 0.25) is 5.91 Å². The third-order valence-corrected chi connectivity index (χ3v) is 15.3. The number of phosphoric acid groups is 1. The molecule has 3 atom stereocenters. The first-order valence-corrected chi connectivity index (χ1v) is 33.1. The molecule has 0 radical (unpaired) electrons. The van der Waals surface area contributed by atoms with Crippen LogP contribution in [0.15, 0.2) is 24.3 Å². The number of likely N-dealkylation sites (N-methyl/N-ethyl adjacent to an activating group) is 1. The van der Waals surface area contributed by atoms with Gasteiger partial charge in [-0.25, -0.2) is 0 Å². The minimum absolute atomic E-state index is 0.0207. The van der Waals surface area contributed by atoms with Crippen LogP contribution in [0.2, 0.25) is 0 Å². The Morgan fingerprint density at radius 1 is 0.466 bits per heavy atom. The Hall–Kier alpha value is -1.51. The molecule has 0 fully saturated rings. The van der Waals surface area contributed by atoms with Gasteiger partial charge in [0, 0.05) is 12.8 Å². The number of esters is 1. The van der Waals surface area contributed by atoms with Gasteiger partial charge < -0.3 is 28.5 Å². The lowest BCUT2D eigenvalue weighted by Crippen LogP contribution is -2.47. The molecule has 0 saturated heterocycles. The van der Waals surface area contributed by atoms with Crippen LogP contribution in [0.1, 0.15) is 316 Å². The number of carbonyl (C=O) groups is 2. The third-order valence-electron chi connectivity index (χ3n) is 14.4. The second-order valence-corrected chi connectivity index (χ2v) is 24.3. The predicted molar refractivity (Wildman–Crippen MR) is 312 cm³/mol. The smallest absolute Gasteiger partial charge is 0.306 e. The van der Waals surface area contributed by atoms with Gasteiger partial charge in [0.1, 0.15) is 19.3 Å². The monoisotopic (exact) mass is 1050 g/mol. The summed E-state index contributed by atoms with van der Waals surface area (Å²) in [7, 11) is 1.19. The molecule has 0 aliphatic carbocycles. The number of nitrogens with zero attached hydrogens (tertiary/aromatic N) is 1. The summed E-state index contributed by atoms with van der Waals surface area (Å²) in [6, 6.07) is -0.886. The summed E-state index contributed by atoms with van der Waals surface area (Å²) >= 11 is 0. The molecule has 1 N–H and O–H groups in total. The number of carbonyl (C=O) groups excluding carboxylic acids is 2. The summed E-state index contributed by atoms with van der Waals surface area (Å²) in [6.07, 6.45) is 63.1. The number of unbranched alkanes of at least 4 members (excludes halogenated alkanes) is 40. The second-order valence-electron chi connectivity index (χ2n) is 22.9. The van der Waals surface area contributed by atoms with Crippen LogP contribution in [0.4, 0.5) is 0 Å². The predicted octanol–water partition coefficient (Wildman–Crippen LogP) is 18.7. The molecule has 0 saturated carbocycles. The van der Waals surface area contributed by atoms with Gasteiger partial charge >= 0.3 is 5.97 Å². The molecular formula is C63H123N2O7P. The first-order chi connectivity index (χ1) is 35.4. The van der Waals surface area contributed by atoms with Gasteiger partial charge in [-0.05, 0) is 51.0 Å². The molecule has 0 spiro atoms. The van der Waals surface area contributed by atoms with Crippen molar-refractivity contribution in [1.29, 1.82) is 0 Å². The maximum absolute atomic E-state index is 13.4. The zero-order chi connectivity index (χ0) is 53.6. The van der Waals surface area contributed by atoms with Gasteiger partial charge in [-0.15, -0.1) is 0 Å². The van der Waals surface area contributed by atoms with Crippen molar-refractivity contribution < 1.29 is 37.3 Å². The number of quaternary nitrogens is 1. The van der Waals surface area contributed by atoms with E-state index in [0.29, 0.717) is 17.4 Å². The highest BCUT2D eigenvalue weighted by atomic mass is 31.2. The Bertz CT molecular complexity index is 1300. The highest BCUT2D eigenvalue weighted by Gasteiger charge is 2.27. The van der Waals surface area contributed by atoms with Crippen LogP contribution in [0.3, 0.4) is 0 Å². The van der Waals surface area contributed by atoms with Gasteiger partial charge in [-0.2, -0.15) is 0 Å². The number of phosphoric ester groups is 1. The van der Waals surface area contributed by atoms with Crippen LogP contribution < -0.4 is 10.2 Å². The van der Waals surface area contributed by atoms with Crippen molar-refractivity contribution in [3.05, 3.63) is 24.3 Å². The molecule has 0 aromatic heterocycles. The summed E-state index contributed by atoms with van der Waals surface area (Å²) in [5, 5.41) is 3.02. The number of hydrogen-bond donors (Lipinski definition) is 1. The van der Waals surface area contributed by atoms with Gasteiger partial charge in [-0.3, -0.25) is 14.2 Å². The second kappa shape index (κ2) is 53.9. The van der Waals surface area contributed by atoms with Gasteiger partial charge in [-0.1, -0.05) is 277 Å². The van der Waals surface area contributed by atoms with Crippen LogP contribution in [-0.4, -0.2) is 69.4 Å². The molecule has 0 bridgehead atoms. The van der Waals surface area contributed by atoms with E-state index in [4.69, 9.17) is 13.8 Å².